The van der Waals surface area contributed by atoms with Crippen molar-refractivity contribution < 1.29 is 23.5 Å². The van der Waals surface area contributed by atoms with Gasteiger partial charge in [0.15, 0.2) is 11.6 Å². The molecule has 0 saturated carbocycles. The van der Waals surface area contributed by atoms with Crippen LogP contribution in [0.5, 0.6) is 5.75 Å². The highest BCUT2D eigenvalue weighted by Crippen LogP contribution is 2.15. The van der Waals surface area contributed by atoms with Gasteiger partial charge in [-0.2, -0.15) is 0 Å². The number of esters is 1. The van der Waals surface area contributed by atoms with Gasteiger partial charge in [-0.1, -0.05) is 56.3 Å². The van der Waals surface area contributed by atoms with Crippen molar-refractivity contribution in [1.82, 2.24) is 5.32 Å². The zero-order valence-electron chi connectivity index (χ0n) is 15.5. The molecule has 2 rings (SSSR count). The molecule has 2 aromatic rings. The fraction of sp³-hybridized carbons (Fsp3) is 0.333. The van der Waals surface area contributed by atoms with Crippen LogP contribution in [-0.4, -0.2) is 31.1 Å². The summed E-state index contributed by atoms with van der Waals surface area (Å²) in [7, 11) is 0. The highest BCUT2D eigenvalue weighted by Gasteiger charge is 2.25. The smallest absolute Gasteiger partial charge is 0.329 e. The van der Waals surface area contributed by atoms with Gasteiger partial charge in [0.2, 0.25) is 5.91 Å². The van der Waals surface area contributed by atoms with Gasteiger partial charge in [0, 0.05) is 0 Å². The normalized spacial score (nSPS) is 11.7. The van der Waals surface area contributed by atoms with Gasteiger partial charge >= 0.3 is 5.97 Å². The van der Waals surface area contributed by atoms with Gasteiger partial charge in [0.25, 0.3) is 0 Å². The first kappa shape index (κ1) is 20.4. The number of para-hydroxylation sites is 1. The summed E-state index contributed by atoms with van der Waals surface area (Å²) in [4.78, 5) is 24.5. The first-order chi connectivity index (χ1) is 13.0. The SMILES string of the molecule is CC(C)[C@H](NC(=O)Cc1ccccc1)C(=O)OCCOc1ccccc1F. The molecular weight excluding hydrogens is 349 g/mol. The van der Waals surface area contributed by atoms with Crippen molar-refractivity contribution in [2.45, 2.75) is 26.3 Å². The number of carbonyl (C=O) groups is 2. The molecule has 27 heavy (non-hydrogen) atoms. The van der Waals surface area contributed by atoms with Crippen molar-refractivity contribution in [1.29, 1.82) is 0 Å². The lowest BCUT2D eigenvalue weighted by atomic mass is 10.0. The van der Waals surface area contributed by atoms with Gasteiger partial charge in [-0.25, -0.2) is 9.18 Å². The van der Waals surface area contributed by atoms with Crippen LogP contribution in [0.2, 0.25) is 0 Å². The van der Waals surface area contributed by atoms with Crippen LogP contribution >= 0.6 is 0 Å². The third-order valence-electron chi connectivity index (χ3n) is 3.87. The molecule has 0 fully saturated rings. The molecule has 1 N–H and O–H groups in total. The number of benzene rings is 2. The van der Waals surface area contributed by atoms with Crippen molar-refractivity contribution in [3.05, 3.63) is 66.0 Å². The maximum Gasteiger partial charge on any atom is 0.329 e. The molecule has 144 valence electrons. The minimum atomic E-state index is -0.755. The zero-order chi connectivity index (χ0) is 19.6. The summed E-state index contributed by atoms with van der Waals surface area (Å²) in [5.74, 6) is -1.30. The van der Waals surface area contributed by atoms with Crippen molar-refractivity contribution in [3.63, 3.8) is 0 Å². The largest absolute Gasteiger partial charge is 0.487 e. The Morgan fingerprint density at radius 2 is 1.67 bits per heavy atom. The number of ether oxygens (including phenoxy) is 2. The number of rotatable bonds is 9. The molecule has 0 heterocycles. The number of halogens is 1. The lowest BCUT2D eigenvalue weighted by molar-refractivity contribution is -0.149. The van der Waals surface area contributed by atoms with E-state index in [1.54, 1.807) is 12.1 Å². The quantitative estimate of drug-likeness (QED) is 0.542. The van der Waals surface area contributed by atoms with E-state index in [0.717, 1.165) is 5.56 Å². The van der Waals surface area contributed by atoms with E-state index in [1.807, 2.05) is 44.2 Å². The van der Waals surface area contributed by atoms with Crippen LogP contribution in [0.4, 0.5) is 4.39 Å². The lowest BCUT2D eigenvalue weighted by Gasteiger charge is -2.21. The van der Waals surface area contributed by atoms with Gasteiger partial charge < -0.3 is 14.8 Å². The molecule has 2 aromatic carbocycles. The molecule has 0 saturated heterocycles. The molecule has 1 amide bonds. The molecule has 0 spiro atoms. The first-order valence-electron chi connectivity index (χ1n) is 8.84. The maximum absolute atomic E-state index is 13.5. The van der Waals surface area contributed by atoms with Crippen LogP contribution in [-0.2, 0) is 20.7 Å². The summed E-state index contributed by atoms with van der Waals surface area (Å²) in [6, 6.07) is 14.5. The molecule has 0 aliphatic rings. The Bertz CT molecular complexity index is 749. The van der Waals surface area contributed by atoms with Crippen LogP contribution in [0, 0.1) is 11.7 Å². The minimum absolute atomic E-state index is 0.0233. The Balaban J connectivity index is 1.80. The second-order valence-electron chi connectivity index (χ2n) is 6.40. The Kier molecular flexibility index (Phi) is 7.79. The van der Waals surface area contributed by atoms with Crippen LogP contribution in [0.1, 0.15) is 19.4 Å². The fourth-order valence-electron chi connectivity index (χ4n) is 2.45. The van der Waals surface area contributed by atoms with Crippen molar-refractivity contribution in [3.8, 4) is 5.75 Å². The zero-order valence-corrected chi connectivity index (χ0v) is 15.5. The van der Waals surface area contributed by atoms with Crippen LogP contribution < -0.4 is 10.1 Å². The van der Waals surface area contributed by atoms with E-state index in [0.29, 0.717) is 0 Å². The van der Waals surface area contributed by atoms with Crippen LogP contribution in [0.25, 0.3) is 0 Å². The first-order valence-corrected chi connectivity index (χ1v) is 8.84. The third-order valence-corrected chi connectivity index (χ3v) is 3.87. The van der Waals surface area contributed by atoms with E-state index in [4.69, 9.17) is 9.47 Å². The molecule has 5 nitrogen and oxygen atoms in total. The minimum Gasteiger partial charge on any atom is -0.487 e. The topological polar surface area (TPSA) is 64.6 Å². The standard InChI is InChI=1S/C21H24FNO4/c1-15(2)20(23-19(24)14-16-8-4-3-5-9-16)21(25)27-13-12-26-18-11-7-6-10-17(18)22/h3-11,15,20H,12-14H2,1-2H3,(H,23,24)/t20-/m0/s1. The number of amides is 1. The highest BCUT2D eigenvalue weighted by molar-refractivity contribution is 5.85. The van der Waals surface area contributed by atoms with E-state index >= 15 is 0 Å². The summed E-state index contributed by atoms with van der Waals surface area (Å²) in [5.41, 5.74) is 0.865. The van der Waals surface area contributed by atoms with Crippen LogP contribution in [0.15, 0.2) is 54.6 Å². The van der Waals surface area contributed by atoms with E-state index in [9.17, 15) is 14.0 Å². The number of hydrogen-bond acceptors (Lipinski definition) is 4. The van der Waals surface area contributed by atoms with Gasteiger partial charge in [-0.3, -0.25) is 4.79 Å². The van der Waals surface area contributed by atoms with Gasteiger partial charge in [0.1, 0.15) is 19.3 Å². The highest BCUT2D eigenvalue weighted by atomic mass is 19.1. The summed E-state index contributed by atoms with van der Waals surface area (Å²) < 4.78 is 23.9. The van der Waals surface area contributed by atoms with Gasteiger partial charge in [0.05, 0.1) is 6.42 Å². The average Bonchev–Trinajstić information content (AvgIpc) is 2.65. The number of hydrogen-bond donors (Lipinski definition) is 1. The molecule has 0 bridgehead atoms. The van der Waals surface area contributed by atoms with E-state index < -0.39 is 17.8 Å². The molecule has 6 heteroatoms. The summed E-state index contributed by atoms with van der Waals surface area (Å²) in [5, 5.41) is 2.72. The predicted molar refractivity (Wildman–Crippen MR) is 99.8 cm³/mol. The monoisotopic (exact) mass is 373 g/mol. The van der Waals surface area contributed by atoms with Crippen molar-refractivity contribution in [2.24, 2.45) is 5.92 Å². The number of carbonyl (C=O) groups excluding carboxylic acids is 2. The van der Waals surface area contributed by atoms with Crippen molar-refractivity contribution >= 4 is 11.9 Å². The Labute approximate surface area is 158 Å². The second-order valence-corrected chi connectivity index (χ2v) is 6.40. The van der Waals surface area contributed by atoms with E-state index in [2.05, 4.69) is 5.32 Å². The number of nitrogens with one attached hydrogen (secondary N) is 1. The Morgan fingerprint density at radius 1 is 1.00 bits per heavy atom. The molecule has 0 aliphatic carbocycles. The molecule has 0 radical (unpaired) electrons. The molecular formula is C21H24FNO4. The predicted octanol–water partition coefficient (Wildman–Crippen LogP) is 3.13. The molecule has 0 aromatic heterocycles. The van der Waals surface area contributed by atoms with Gasteiger partial charge in [-0.15, -0.1) is 0 Å². The van der Waals surface area contributed by atoms with Crippen molar-refractivity contribution in [2.75, 3.05) is 13.2 Å². The second kappa shape index (κ2) is 10.3. The average molecular weight is 373 g/mol. The van der Waals surface area contributed by atoms with Crippen LogP contribution in [0.3, 0.4) is 0 Å². The van der Waals surface area contributed by atoms with E-state index in [-0.39, 0.29) is 37.2 Å². The summed E-state index contributed by atoms with van der Waals surface area (Å²) in [6.07, 6.45) is 0.188. The molecule has 0 unspecified atom stereocenters. The Morgan fingerprint density at radius 3 is 2.33 bits per heavy atom. The maximum atomic E-state index is 13.5. The lowest BCUT2D eigenvalue weighted by Crippen LogP contribution is -2.46. The third kappa shape index (κ3) is 6.73. The van der Waals surface area contributed by atoms with Gasteiger partial charge in [-0.05, 0) is 23.6 Å². The summed E-state index contributed by atoms with van der Waals surface area (Å²) in [6.45, 7) is 3.63. The Hall–Kier alpha value is -2.89. The summed E-state index contributed by atoms with van der Waals surface area (Å²) >= 11 is 0. The fourth-order valence-corrected chi connectivity index (χ4v) is 2.45. The molecule has 0 aliphatic heterocycles. The van der Waals surface area contributed by atoms with E-state index in [1.165, 1.54) is 12.1 Å². The molecule has 1 atom stereocenters.